The van der Waals surface area contributed by atoms with Gasteiger partial charge in [-0.25, -0.2) is 0 Å². The molecule has 1 fully saturated rings. The standard InChI is InChI=1S/C17H18N2O5/c1-22-14-7-11(16(18)20)12(8-15(14)23-2)19-17(21)10-6-9(10)13-4-3-5-24-13/h3-5,7-10H,6H2,1-2H3,(H2,18,20)(H,19,21)/t9-,10-/m1/s1. The molecule has 0 saturated heterocycles. The Morgan fingerprint density at radius 1 is 1.25 bits per heavy atom. The molecule has 1 aromatic heterocycles. The summed E-state index contributed by atoms with van der Waals surface area (Å²) in [5.41, 5.74) is 5.86. The van der Waals surface area contributed by atoms with Gasteiger partial charge in [0.25, 0.3) is 5.91 Å². The SMILES string of the molecule is COc1cc(NC(=O)[C@@H]2C[C@H]2c2ccco2)c(C(N)=O)cc1OC. The van der Waals surface area contributed by atoms with Gasteiger partial charge in [-0.1, -0.05) is 0 Å². The topological polar surface area (TPSA) is 104 Å². The summed E-state index contributed by atoms with van der Waals surface area (Å²) < 4.78 is 15.7. The van der Waals surface area contributed by atoms with E-state index in [9.17, 15) is 9.59 Å². The van der Waals surface area contributed by atoms with Crippen molar-refractivity contribution in [2.45, 2.75) is 12.3 Å². The number of hydrogen-bond donors (Lipinski definition) is 2. The van der Waals surface area contributed by atoms with Gasteiger partial charge in [0, 0.05) is 17.9 Å². The van der Waals surface area contributed by atoms with Crippen molar-refractivity contribution in [3.05, 3.63) is 41.9 Å². The molecule has 7 heteroatoms. The Labute approximate surface area is 138 Å². The van der Waals surface area contributed by atoms with Gasteiger partial charge in [-0.15, -0.1) is 0 Å². The summed E-state index contributed by atoms with van der Waals surface area (Å²) in [5, 5.41) is 2.75. The Kier molecular flexibility index (Phi) is 4.16. The van der Waals surface area contributed by atoms with Gasteiger partial charge in [0.05, 0.1) is 31.7 Å². The van der Waals surface area contributed by atoms with Gasteiger partial charge in [0.15, 0.2) is 11.5 Å². The molecule has 2 amide bonds. The van der Waals surface area contributed by atoms with Crippen LogP contribution < -0.4 is 20.5 Å². The summed E-state index contributed by atoms with van der Waals surface area (Å²) in [6.07, 6.45) is 2.29. The van der Waals surface area contributed by atoms with E-state index in [1.807, 2.05) is 6.07 Å². The third-order valence-electron chi connectivity index (χ3n) is 4.08. The lowest BCUT2D eigenvalue weighted by Gasteiger charge is -2.14. The fourth-order valence-corrected chi connectivity index (χ4v) is 2.71. The lowest BCUT2D eigenvalue weighted by Crippen LogP contribution is -2.20. The number of methoxy groups -OCH3 is 2. The number of rotatable bonds is 6. The molecule has 1 aromatic carbocycles. The summed E-state index contributed by atoms with van der Waals surface area (Å²) in [6, 6.07) is 6.63. The number of primary amides is 1. The maximum atomic E-state index is 12.4. The van der Waals surface area contributed by atoms with Crippen LogP contribution in [0, 0.1) is 5.92 Å². The lowest BCUT2D eigenvalue weighted by molar-refractivity contribution is -0.117. The molecule has 1 aliphatic rings. The third kappa shape index (κ3) is 2.92. The van der Waals surface area contributed by atoms with E-state index in [-0.39, 0.29) is 23.3 Å². The predicted molar refractivity (Wildman–Crippen MR) is 86.2 cm³/mol. The highest BCUT2D eigenvalue weighted by Gasteiger charge is 2.46. The first kappa shape index (κ1) is 15.9. The molecule has 3 rings (SSSR count). The Morgan fingerprint density at radius 2 is 1.96 bits per heavy atom. The van der Waals surface area contributed by atoms with E-state index in [0.29, 0.717) is 23.6 Å². The molecule has 1 aliphatic carbocycles. The molecule has 2 aromatic rings. The van der Waals surface area contributed by atoms with Crippen molar-refractivity contribution in [1.82, 2.24) is 0 Å². The monoisotopic (exact) mass is 330 g/mol. The molecular formula is C17H18N2O5. The average Bonchev–Trinajstić information content (AvgIpc) is 3.19. The summed E-state index contributed by atoms with van der Waals surface area (Å²) in [7, 11) is 2.93. The summed E-state index contributed by atoms with van der Waals surface area (Å²) >= 11 is 0. The molecular weight excluding hydrogens is 312 g/mol. The van der Waals surface area contributed by atoms with Gasteiger partial charge in [-0.3, -0.25) is 9.59 Å². The number of nitrogens with one attached hydrogen (secondary N) is 1. The Morgan fingerprint density at radius 3 is 2.54 bits per heavy atom. The second-order valence-corrected chi connectivity index (χ2v) is 5.57. The maximum absolute atomic E-state index is 12.4. The highest BCUT2D eigenvalue weighted by Crippen LogP contribution is 2.48. The van der Waals surface area contributed by atoms with Crippen molar-refractivity contribution < 1.29 is 23.5 Å². The van der Waals surface area contributed by atoms with Crippen LogP contribution in [0.4, 0.5) is 5.69 Å². The molecule has 0 unspecified atom stereocenters. The fraction of sp³-hybridized carbons (Fsp3) is 0.294. The van der Waals surface area contributed by atoms with Gasteiger partial charge >= 0.3 is 0 Å². The van der Waals surface area contributed by atoms with Gasteiger partial charge in [-0.05, 0) is 24.6 Å². The van der Waals surface area contributed by atoms with Gasteiger partial charge in [0.1, 0.15) is 5.76 Å². The van der Waals surface area contributed by atoms with Crippen LogP contribution in [-0.4, -0.2) is 26.0 Å². The molecule has 24 heavy (non-hydrogen) atoms. The first-order valence-electron chi connectivity index (χ1n) is 7.45. The second kappa shape index (κ2) is 6.27. The van der Waals surface area contributed by atoms with Crippen molar-refractivity contribution in [3.8, 4) is 11.5 Å². The van der Waals surface area contributed by atoms with Crippen LogP contribution in [0.25, 0.3) is 0 Å². The summed E-state index contributed by atoms with van der Waals surface area (Å²) in [6.45, 7) is 0. The number of hydrogen-bond acceptors (Lipinski definition) is 5. The molecule has 126 valence electrons. The quantitative estimate of drug-likeness (QED) is 0.844. The molecule has 3 N–H and O–H groups in total. The van der Waals surface area contributed by atoms with E-state index in [1.54, 1.807) is 12.3 Å². The fourth-order valence-electron chi connectivity index (χ4n) is 2.71. The molecule has 0 aliphatic heterocycles. The van der Waals surface area contributed by atoms with Crippen molar-refractivity contribution >= 4 is 17.5 Å². The summed E-state index contributed by atoms with van der Waals surface area (Å²) in [4.78, 5) is 24.1. The minimum absolute atomic E-state index is 0.0668. The van der Waals surface area contributed by atoms with Crippen molar-refractivity contribution in [1.29, 1.82) is 0 Å². The predicted octanol–water partition coefficient (Wildman–Crippen LogP) is 2.14. The van der Waals surface area contributed by atoms with Crippen LogP contribution in [0.2, 0.25) is 0 Å². The Balaban J connectivity index is 1.81. The van der Waals surface area contributed by atoms with E-state index in [2.05, 4.69) is 5.32 Å². The van der Waals surface area contributed by atoms with Crippen molar-refractivity contribution in [2.75, 3.05) is 19.5 Å². The minimum atomic E-state index is -0.662. The zero-order valence-corrected chi connectivity index (χ0v) is 13.4. The van der Waals surface area contributed by atoms with E-state index < -0.39 is 5.91 Å². The maximum Gasteiger partial charge on any atom is 0.250 e. The summed E-state index contributed by atoms with van der Waals surface area (Å²) in [5.74, 6) is 0.579. The second-order valence-electron chi connectivity index (χ2n) is 5.57. The van der Waals surface area contributed by atoms with Crippen molar-refractivity contribution in [3.63, 3.8) is 0 Å². The van der Waals surface area contributed by atoms with Gasteiger partial charge < -0.3 is 24.9 Å². The number of carbonyl (C=O) groups is 2. The smallest absolute Gasteiger partial charge is 0.250 e. The number of amides is 2. The number of ether oxygens (including phenoxy) is 2. The number of nitrogens with two attached hydrogens (primary N) is 1. The molecule has 7 nitrogen and oxygen atoms in total. The average molecular weight is 330 g/mol. The molecule has 2 atom stereocenters. The van der Waals surface area contributed by atoms with Crippen LogP contribution in [0.5, 0.6) is 11.5 Å². The van der Waals surface area contributed by atoms with E-state index >= 15 is 0 Å². The van der Waals surface area contributed by atoms with E-state index in [1.165, 1.54) is 26.4 Å². The zero-order chi connectivity index (χ0) is 17.3. The van der Waals surface area contributed by atoms with Crippen LogP contribution in [-0.2, 0) is 4.79 Å². The van der Waals surface area contributed by atoms with Crippen LogP contribution in [0.15, 0.2) is 34.9 Å². The molecule has 0 radical (unpaired) electrons. The zero-order valence-electron chi connectivity index (χ0n) is 13.4. The molecule has 1 heterocycles. The van der Waals surface area contributed by atoms with Gasteiger partial charge in [-0.2, -0.15) is 0 Å². The Hall–Kier alpha value is -2.96. The first-order valence-corrected chi connectivity index (χ1v) is 7.45. The molecule has 0 bridgehead atoms. The van der Waals surface area contributed by atoms with Gasteiger partial charge in [0.2, 0.25) is 5.91 Å². The van der Waals surface area contributed by atoms with E-state index in [0.717, 1.165) is 5.76 Å². The highest BCUT2D eigenvalue weighted by atomic mass is 16.5. The first-order chi connectivity index (χ1) is 11.5. The third-order valence-corrected chi connectivity index (χ3v) is 4.08. The number of furan rings is 1. The van der Waals surface area contributed by atoms with Crippen LogP contribution in [0.1, 0.15) is 28.5 Å². The minimum Gasteiger partial charge on any atom is -0.493 e. The normalized spacial score (nSPS) is 18.8. The lowest BCUT2D eigenvalue weighted by atomic mass is 10.1. The molecule has 1 saturated carbocycles. The number of carbonyl (C=O) groups excluding carboxylic acids is 2. The van der Waals surface area contributed by atoms with Crippen molar-refractivity contribution in [2.24, 2.45) is 11.7 Å². The number of benzene rings is 1. The molecule has 0 spiro atoms. The largest absolute Gasteiger partial charge is 0.493 e. The van der Waals surface area contributed by atoms with Crippen LogP contribution in [0.3, 0.4) is 0 Å². The Bertz CT molecular complexity index is 770. The van der Waals surface area contributed by atoms with Crippen LogP contribution >= 0.6 is 0 Å². The number of anilines is 1. The highest BCUT2D eigenvalue weighted by molar-refractivity contribution is 6.05. The van der Waals surface area contributed by atoms with E-state index in [4.69, 9.17) is 19.6 Å².